The minimum atomic E-state index is -0.905. The molecule has 3 nitrogen and oxygen atoms in total. The molecule has 2 aromatic rings. The third kappa shape index (κ3) is 2.35. The third-order valence-corrected chi connectivity index (χ3v) is 2.83. The zero-order valence-electron chi connectivity index (χ0n) is 10.4. The molecule has 0 bridgehead atoms. The van der Waals surface area contributed by atoms with Crippen LogP contribution < -0.4 is 4.90 Å². The normalized spacial score (nSPS) is 10.1. The molecule has 2 rings (SSSR count). The lowest BCUT2D eigenvalue weighted by Gasteiger charge is -2.15. The van der Waals surface area contributed by atoms with E-state index in [9.17, 15) is 9.90 Å². The molecule has 0 aliphatic rings. The van der Waals surface area contributed by atoms with E-state index in [0.717, 1.165) is 16.8 Å². The molecule has 0 amide bonds. The van der Waals surface area contributed by atoms with Crippen LogP contribution in [0.15, 0.2) is 48.5 Å². The summed E-state index contributed by atoms with van der Waals surface area (Å²) in [6.07, 6.45) is 0. The van der Waals surface area contributed by atoms with E-state index in [1.807, 2.05) is 61.5 Å². The smallest absolute Gasteiger partial charge is 0.336 e. The van der Waals surface area contributed by atoms with E-state index < -0.39 is 5.97 Å². The minimum absolute atomic E-state index is 0.326. The molecular formula is C15H15NO2. The van der Waals surface area contributed by atoms with E-state index in [2.05, 4.69) is 0 Å². The molecule has 0 spiro atoms. The predicted octanol–water partition coefficient (Wildman–Crippen LogP) is 3.12. The summed E-state index contributed by atoms with van der Waals surface area (Å²) in [5, 5.41) is 9.31. The average molecular weight is 241 g/mol. The highest BCUT2D eigenvalue weighted by Gasteiger charge is 2.12. The number of nitrogens with zero attached hydrogens (tertiary/aromatic N) is 1. The van der Waals surface area contributed by atoms with E-state index >= 15 is 0 Å². The molecule has 0 aliphatic heterocycles. The molecule has 0 saturated heterocycles. The monoisotopic (exact) mass is 241 g/mol. The first-order valence-electron chi connectivity index (χ1n) is 5.69. The molecule has 0 aliphatic carbocycles. The van der Waals surface area contributed by atoms with Crippen molar-refractivity contribution in [3.8, 4) is 11.1 Å². The number of aromatic carboxylic acids is 1. The van der Waals surface area contributed by atoms with Crippen molar-refractivity contribution >= 4 is 11.7 Å². The Hall–Kier alpha value is -2.29. The molecule has 0 aromatic heterocycles. The number of rotatable bonds is 3. The zero-order chi connectivity index (χ0) is 13.1. The Morgan fingerprint density at radius 2 is 1.72 bits per heavy atom. The Bertz CT molecular complexity index is 562. The maximum absolute atomic E-state index is 11.4. The Morgan fingerprint density at radius 1 is 1.06 bits per heavy atom. The highest BCUT2D eigenvalue weighted by atomic mass is 16.4. The summed E-state index contributed by atoms with van der Waals surface area (Å²) in [6, 6.07) is 15.0. The topological polar surface area (TPSA) is 40.5 Å². The van der Waals surface area contributed by atoms with Gasteiger partial charge in [0.05, 0.1) is 5.56 Å². The Balaban J connectivity index is 2.58. The van der Waals surface area contributed by atoms with Gasteiger partial charge >= 0.3 is 5.97 Å². The summed E-state index contributed by atoms with van der Waals surface area (Å²) in [7, 11) is 3.78. The molecule has 0 atom stereocenters. The van der Waals surface area contributed by atoms with Gasteiger partial charge in [0.25, 0.3) is 0 Å². The van der Waals surface area contributed by atoms with Gasteiger partial charge in [-0.15, -0.1) is 0 Å². The van der Waals surface area contributed by atoms with E-state index in [1.54, 1.807) is 6.07 Å². The summed E-state index contributed by atoms with van der Waals surface area (Å²) in [6.45, 7) is 0. The lowest BCUT2D eigenvalue weighted by atomic mass is 9.99. The zero-order valence-corrected chi connectivity index (χ0v) is 10.4. The fourth-order valence-electron chi connectivity index (χ4n) is 1.86. The minimum Gasteiger partial charge on any atom is -0.478 e. The SMILES string of the molecule is CN(C)c1ccc(-c2ccccc2)c(C(=O)O)c1. The third-order valence-electron chi connectivity index (χ3n) is 2.83. The first-order valence-corrected chi connectivity index (χ1v) is 5.69. The molecule has 1 N–H and O–H groups in total. The first kappa shape index (κ1) is 12.2. The maximum Gasteiger partial charge on any atom is 0.336 e. The summed E-state index contributed by atoms with van der Waals surface area (Å²) >= 11 is 0. The first-order chi connectivity index (χ1) is 8.59. The highest BCUT2D eigenvalue weighted by Crippen LogP contribution is 2.27. The highest BCUT2D eigenvalue weighted by molar-refractivity contribution is 5.97. The summed E-state index contributed by atoms with van der Waals surface area (Å²) < 4.78 is 0. The Kier molecular flexibility index (Phi) is 3.33. The van der Waals surface area contributed by atoms with Gasteiger partial charge in [0.1, 0.15) is 0 Å². The summed E-state index contributed by atoms with van der Waals surface area (Å²) in [5.41, 5.74) is 2.87. The van der Waals surface area contributed by atoms with Crippen molar-refractivity contribution in [2.24, 2.45) is 0 Å². The molecule has 92 valence electrons. The van der Waals surface area contributed by atoms with Crippen LogP contribution in [-0.2, 0) is 0 Å². The van der Waals surface area contributed by atoms with Crippen molar-refractivity contribution in [1.82, 2.24) is 0 Å². The molecule has 0 heterocycles. The van der Waals surface area contributed by atoms with Crippen LogP contribution in [0.2, 0.25) is 0 Å². The Morgan fingerprint density at radius 3 is 2.28 bits per heavy atom. The van der Waals surface area contributed by atoms with Crippen molar-refractivity contribution in [3.63, 3.8) is 0 Å². The average Bonchev–Trinajstić information content (AvgIpc) is 2.39. The van der Waals surface area contributed by atoms with Crippen LogP contribution in [0.1, 0.15) is 10.4 Å². The summed E-state index contributed by atoms with van der Waals surface area (Å²) in [5.74, 6) is -0.905. The molecule has 0 saturated carbocycles. The lowest BCUT2D eigenvalue weighted by Crippen LogP contribution is -2.10. The summed E-state index contributed by atoms with van der Waals surface area (Å²) in [4.78, 5) is 13.2. The predicted molar refractivity (Wildman–Crippen MR) is 73.2 cm³/mol. The van der Waals surface area contributed by atoms with E-state index in [4.69, 9.17) is 0 Å². The van der Waals surface area contributed by atoms with Crippen LogP contribution >= 0.6 is 0 Å². The Labute approximate surface area is 106 Å². The fourth-order valence-corrected chi connectivity index (χ4v) is 1.86. The van der Waals surface area contributed by atoms with Crippen molar-refractivity contribution < 1.29 is 9.90 Å². The number of hydrogen-bond donors (Lipinski definition) is 1. The molecule has 18 heavy (non-hydrogen) atoms. The van der Waals surface area contributed by atoms with Crippen LogP contribution in [0.3, 0.4) is 0 Å². The van der Waals surface area contributed by atoms with Gasteiger partial charge in [0.2, 0.25) is 0 Å². The molecule has 2 aromatic carbocycles. The number of carbonyl (C=O) groups is 1. The number of hydrogen-bond acceptors (Lipinski definition) is 2. The van der Waals surface area contributed by atoms with Gasteiger partial charge in [0.15, 0.2) is 0 Å². The second-order valence-electron chi connectivity index (χ2n) is 4.30. The molecule has 0 unspecified atom stereocenters. The molecule has 0 radical (unpaired) electrons. The van der Waals surface area contributed by atoms with Gasteiger partial charge in [-0.3, -0.25) is 0 Å². The second kappa shape index (κ2) is 4.92. The van der Waals surface area contributed by atoms with Gasteiger partial charge in [0, 0.05) is 19.8 Å². The van der Waals surface area contributed by atoms with Gasteiger partial charge in [-0.05, 0) is 23.3 Å². The van der Waals surface area contributed by atoms with Gasteiger partial charge < -0.3 is 10.0 Å². The second-order valence-corrected chi connectivity index (χ2v) is 4.30. The number of carboxylic acid groups (broad SMARTS) is 1. The molecule has 0 fully saturated rings. The van der Waals surface area contributed by atoms with Gasteiger partial charge in [-0.25, -0.2) is 4.79 Å². The van der Waals surface area contributed by atoms with Crippen LogP contribution in [0.25, 0.3) is 11.1 Å². The molecular weight excluding hydrogens is 226 g/mol. The maximum atomic E-state index is 11.4. The van der Waals surface area contributed by atoms with Gasteiger partial charge in [-0.1, -0.05) is 36.4 Å². The van der Waals surface area contributed by atoms with Crippen LogP contribution in [0, 0.1) is 0 Å². The lowest BCUT2D eigenvalue weighted by molar-refractivity contribution is 0.0698. The fraction of sp³-hybridized carbons (Fsp3) is 0.133. The number of benzene rings is 2. The van der Waals surface area contributed by atoms with Crippen molar-refractivity contribution in [1.29, 1.82) is 0 Å². The van der Waals surface area contributed by atoms with Crippen LogP contribution in [-0.4, -0.2) is 25.2 Å². The standard InChI is InChI=1S/C15H15NO2/c1-16(2)12-8-9-13(14(10-12)15(17)18)11-6-4-3-5-7-11/h3-10H,1-2H3,(H,17,18). The van der Waals surface area contributed by atoms with Crippen molar-refractivity contribution in [3.05, 3.63) is 54.1 Å². The van der Waals surface area contributed by atoms with Crippen molar-refractivity contribution in [2.75, 3.05) is 19.0 Å². The van der Waals surface area contributed by atoms with Gasteiger partial charge in [-0.2, -0.15) is 0 Å². The van der Waals surface area contributed by atoms with Crippen LogP contribution in [0.5, 0.6) is 0 Å². The molecule has 3 heteroatoms. The van der Waals surface area contributed by atoms with Crippen molar-refractivity contribution in [2.45, 2.75) is 0 Å². The number of anilines is 1. The number of carboxylic acids is 1. The quantitative estimate of drug-likeness (QED) is 0.897. The van der Waals surface area contributed by atoms with E-state index in [1.165, 1.54) is 0 Å². The largest absolute Gasteiger partial charge is 0.478 e. The van der Waals surface area contributed by atoms with E-state index in [0.29, 0.717) is 5.56 Å². The van der Waals surface area contributed by atoms with E-state index in [-0.39, 0.29) is 0 Å². The van der Waals surface area contributed by atoms with Crippen LogP contribution in [0.4, 0.5) is 5.69 Å².